The zero-order valence-electron chi connectivity index (χ0n) is 11.4. The molecule has 0 saturated carbocycles. The van der Waals surface area contributed by atoms with Crippen LogP contribution in [-0.4, -0.2) is 26.2 Å². The molecule has 2 heterocycles. The van der Waals surface area contributed by atoms with Crippen LogP contribution in [-0.2, 0) is 5.41 Å². The molecule has 1 spiro atoms. The first-order valence-electron chi connectivity index (χ1n) is 7.41. The first kappa shape index (κ1) is 12.0. The van der Waals surface area contributed by atoms with Crippen LogP contribution in [0.25, 0.3) is 0 Å². The van der Waals surface area contributed by atoms with Gasteiger partial charge in [0.2, 0.25) is 0 Å². The topological polar surface area (TPSA) is 15.3 Å². The van der Waals surface area contributed by atoms with Gasteiger partial charge in [0.1, 0.15) is 0 Å². The summed E-state index contributed by atoms with van der Waals surface area (Å²) in [5.41, 5.74) is 3.56. The van der Waals surface area contributed by atoms with Crippen molar-refractivity contribution >= 4 is 5.69 Å². The van der Waals surface area contributed by atoms with Gasteiger partial charge < -0.3 is 10.2 Å². The molecule has 0 amide bonds. The van der Waals surface area contributed by atoms with Crippen molar-refractivity contribution in [2.45, 2.75) is 38.0 Å². The minimum Gasteiger partial charge on any atom is -0.370 e. The van der Waals surface area contributed by atoms with Gasteiger partial charge in [-0.15, -0.1) is 0 Å². The molecular formula is C16H24N2. The Morgan fingerprint density at radius 1 is 1.22 bits per heavy atom. The van der Waals surface area contributed by atoms with E-state index in [1.54, 1.807) is 5.56 Å². The van der Waals surface area contributed by atoms with Crippen molar-refractivity contribution in [2.75, 3.05) is 31.1 Å². The molecule has 0 unspecified atom stereocenters. The van der Waals surface area contributed by atoms with Crippen LogP contribution in [0.2, 0.25) is 0 Å². The fraction of sp³-hybridized carbons (Fsp3) is 0.625. The van der Waals surface area contributed by atoms with E-state index in [-0.39, 0.29) is 0 Å². The summed E-state index contributed by atoms with van der Waals surface area (Å²) in [7, 11) is 0. The molecule has 2 aliphatic heterocycles. The molecule has 0 atom stereocenters. The highest BCUT2D eigenvalue weighted by atomic mass is 15.2. The number of benzene rings is 1. The van der Waals surface area contributed by atoms with Crippen LogP contribution >= 0.6 is 0 Å². The summed E-state index contributed by atoms with van der Waals surface area (Å²) in [6.07, 6.45) is 5.19. The number of anilines is 1. The van der Waals surface area contributed by atoms with Crippen LogP contribution in [0.1, 0.15) is 38.2 Å². The summed E-state index contributed by atoms with van der Waals surface area (Å²) in [5, 5.41) is 3.51. The zero-order valence-corrected chi connectivity index (χ0v) is 11.4. The number of piperidine rings is 1. The van der Waals surface area contributed by atoms with Crippen molar-refractivity contribution in [3.63, 3.8) is 0 Å². The maximum Gasteiger partial charge on any atom is 0.0405 e. The van der Waals surface area contributed by atoms with Gasteiger partial charge in [0.25, 0.3) is 0 Å². The molecule has 1 aromatic carbocycles. The lowest BCUT2D eigenvalue weighted by Crippen LogP contribution is -2.43. The summed E-state index contributed by atoms with van der Waals surface area (Å²) >= 11 is 0. The second-order valence-corrected chi connectivity index (χ2v) is 5.82. The van der Waals surface area contributed by atoms with Crippen LogP contribution < -0.4 is 10.2 Å². The third-order valence-electron chi connectivity index (χ3n) is 4.65. The number of hydrogen-bond acceptors (Lipinski definition) is 2. The second-order valence-electron chi connectivity index (χ2n) is 5.82. The first-order valence-corrected chi connectivity index (χ1v) is 7.41. The molecule has 98 valence electrons. The zero-order chi connectivity index (χ0) is 12.4. The van der Waals surface area contributed by atoms with Crippen molar-refractivity contribution in [3.8, 4) is 0 Å². The maximum atomic E-state index is 3.51. The predicted molar refractivity (Wildman–Crippen MR) is 77.3 cm³/mol. The van der Waals surface area contributed by atoms with Gasteiger partial charge in [-0.25, -0.2) is 0 Å². The van der Waals surface area contributed by atoms with E-state index in [0.29, 0.717) is 5.41 Å². The van der Waals surface area contributed by atoms with E-state index in [4.69, 9.17) is 0 Å². The molecule has 1 fully saturated rings. The molecule has 0 aliphatic carbocycles. The highest BCUT2D eigenvalue weighted by Gasteiger charge is 2.42. The fourth-order valence-corrected chi connectivity index (χ4v) is 3.61. The summed E-state index contributed by atoms with van der Waals surface area (Å²) in [4.78, 5) is 2.63. The molecule has 0 radical (unpaired) electrons. The predicted octanol–water partition coefficient (Wildman–Crippen LogP) is 2.93. The van der Waals surface area contributed by atoms with Gasteiger partial charge in [-0.1, -0.05) is 31.5 Å². The maximum absolute atomic E-state index is 3.51. The standard InChI is InChI=1S/C16H24N2/c1-2-3-12-18-13-16(8-10-17-11-9-16)14-6-4-5-7-15(14)18/h4-7,17H,2-3,8-13H2,1H3. The molecule has 1 aromatic rings. The van der Waals surface area contributed by atoms with Crippen LogP contribution in [0.3, 0.4) is 0 Å². The van der Waals surface area contributed by atoms with Crippen molar-refractivity contribution in [1.29, 1.82) is 0 Å². The number of hydrogen-bond donors (Lipinski definition) is 1. The Balaban J connectivity index is 1.90. The molecular weight excluding hydrogens is 220 g/mol. The molecule has 2 heteroatoms. The third-order valence-corrected chi connectivity index (χ3v) is 4.65. The Kier molecular flexibility index (Phi) is 3.29. The Morgan fingerprint density at radius 2 is 2.00 bits per heavy atom. The number of nitrogens with one attached hydrogen (secondary N) is 1. The average molecular weight is 244 g/mol. The average Bonchev–Trinajstić information content (AvgIpc) is 2.72. The van der Waals surface area contributed by atoms with Crippen molar-refractivity contribution in [1.82, 2.24) is 5.32 Å². The van der Waals surface area contributed by atoms with E-state index < -0.39 is 0 Å². The number of rotatable bonds is 3. The van der Waals surface area contributed by atoms with Crippen LogP contribution in [0.4, 0.5) is 5.69 Å². The Hall–Kier alpha value is -1.02. The van der Waals surface area contributed by atoms with Gasteiger partial charge in [-0.05, 0) is 44.0 Å². The minimum atomic E-state index is 0.440. The van der Waals surface area contributed by atoms with E-state index in [1.807, 2.05) is 0 Å². The molecule has 1 N–H and O–H groups in total. The van der Waals surface area contributed by atoms with Gasteiger partial charge in [-0.3, -0.25) is 0 Å². The van der Waals surface area contributed by atoms with Gasteiger partial charge in [0.05, 0.1) is 0 Å². The van der Waals surface area contributed by atoms with E-state index in [9.17, 15) is 0 Å². The quantitative estimate of drug-likeness (QED) is 0.879. The van der Waals surface area contributed by atoms with Gasteiger partial charge in [0.15, 0.2) is 0 Å². The molecule has 1 saturated heterocycles. The monoisotopic (exact) mass is 244 g/mol. The highest BCUT2D eigenvalue weighted by Crippen LogP contribution is 2.45. The lowest BCUT2D eigenvalue weighted by Gasteiger charge is -2.35. The smallest absolute Gasteiger partial charge is 0.0405 e. The summed E-state index contributed by atoms with van der Waals surface area (Å²) < 4.78 is 0. The van der Waals surface area contributed by atoms with Crippen molar-refractivity contribution < 1.29 is 0 Å². The summed E-state index contributed by atoms with van der Waals surface area (Å²) in [6.45, 7) is 7.10. The molecule has 3 rings (SSSR count). The van der Waals surface area contributed by atoms with Crippen LogP contribution in [0, 0.1) is 0 Å². The lowest BCUT2D eigenvalue weighted by molar-refractivity contribution is 0.325. The summed E-state index contributed by atoms with van der Waals surface area (Å²) in [5.74, 6) is 0. The number of nitrogens with zero attached hydrogens (tertiary/aromatic N) is 1. The Bertz CT molecular complexity index is 407. The molecule has 0 aromatic heterocycles. The lowest BCUT2D eigenvalue weighted by atomic mass is 9.75. The van der Waals surface area contributed by atoms with Crippen LogP contribution in [0.15, 0.2) is 24.3 Å². The fourth-order valence-electron chi connectivity index (χ4n) is 3.61. The SMILES string of the molecule is CCCCN1CC2(CCNCC2)c2ccccc21. The van der Waals surface area contributed by atoms with Crippen molar-refractivity contribution in [3.05, 3.63) is 29.8 Å². The number of unbranched alkanes of at least 4 members (excludes halogenated alkanes) is 1. The molecule has 18 heavy (non-hydrogen) atoms. The van der Waals surface area contributed by atoms with E-state index in [2.05, 4.69) is 41.4 Å². The largest absolute Gasteiger partial charge is 0.370 e. The van der Waals surface area contributed by atoms with E-state index >= 15 is 0 Å². The minimum absolute atomic E-state index is 0.440. The van der Waals surface area contributed by atoms with Gasteiger partial charge >= 0.3 is 0 Å². The number of para-hydroxylation sites is 1. The molecule has 0 bridgehead atoms. The normalized spacial score (nSPS) is 21.3. The summed E-state index contributed by atoms with van der Waals surface area (Å²) in [6, 6.07) is 9.10. The highest BCUT2D eigenvalue weighted by molar-refractivity contribution is 5.62. The molecule has 2 nitrogen and oxygen atoms in total. The van der Waals surface area contributed by atoms with Gasteiger partial charge in [0, 0.05) is 24.2 Å². The van der Waals surface area contributed by atoms with E-state index in [1.165, 1.54) is 57.5 Å². The van der Waals surface area contributed by atoms with Gasteiger partial charge in [-0.2, -0.15) is 0 Å². The first-order chi connectivity index (χ1) is 8.86. The molecule has 2 aliphatic rings. The van der Waals surface area contributed by atoms with Crippen molar-refractivity contribution in [2.24, 2.45) is 0 Å². The third kappa shape index (κ3) is 1.93. The number of fused-ring (bicyclic) bond motifs is 2. The Labute approximate surface area is 110 Å². The Morgan fingerprint density at radius 3 is 2.78 bits per heavy atom. The van der Waals surface area contributed by atoms with Crippen LogP contribution in [0.5, 0.6) is 0 Å². The second kappa shape index (κ2) is 4.93. The van der Waals surface area contributed by atoms with E-state index in [0.717, 1.165) is 0 Å².